The number of aliphatic carboxylic acids is 1. The number of nitrogens with zero attached hydrogens (tertiary/aromatic N) is 1. The number of phenolic OH excluding ortho intramolecular Hbond substituents is 2. The van der Waals surface area contributed by atoms with Gasteiger partial charge in [0.15, 0.2) is 0 Å². The summed E-state index contributed by atoms with van der Waals surface area (Å²) in [6, 6.07) is 3.97. The predicted molar refractivity (Wildman–Crippen MR) is 66.0 cm³/mol. The maximum atomic E-state index is 12.2. The van der Waals surface area contributed by atoms with E-state index in [1.54, 1.807) is 0 Å². The number of amides is 1. The van der Waals surface area contributed by atoms with Crippen LogP contribution in [-0.4, -0.2) is 45.2 Å². The number of aromatic hydroxyl groups is 2. The molecule has 6 nitrogen and oxygen atoms in total. The molecule has 0 unspecified atom stereocenters. The summed E-state index contributed by atoms with van der Waals surface area (Å²) in [5.41, 5.74) is -0.246. The second kappa shape index (κ2) is 5.17. The highest BCUT2D eigenvalue weighted by atomic mass is 16.4. The number of benzene rings is 1. The van der Waals surface area contributed by atoms with E-state index in [9.17, 15) is 19.8 Å². The van der Waals surface area contributed by atoms with Gasteiger partial charge in [0.25, 0.3) is 5.91 Å². The number of carbonyl (C=O) groups excluding carboxylic acids is 1. The summed E-state index contributed by atoms with van der Waals surface area (Å²) in [6.07, 6.45) is 1.94. The second-order valence-electron chi connectivity index (χ2n) is 4.69. The lowest BCUT2D eigenvalue weighted by molar-refractivity contribution is -0.137. The van der Waals surface area contributed by atoms with Crippen LogP contribution in [0.2, 0.25) is 0 Å². The zero-order valence-electron chi connectivity index (χ0n) is 10.2. The second-order valence-corrected chi connectivity index (χ2v) is 4.69. The number of carbonyl (C=O) groups is 2. The molecule has 2 rings (SSSR count). The molecule has 1 aromatic carbocycles. The summed E-state index contributed by atoms with van der Waals surface area (Å²) >= 11 is 0. The molecule has 0 saturated heterocycles. The van der Waals surface area contributed by atoms with Crippen molar-refractivity contribution in [3.8, 4) is 11.5 Å². The van der Waals surface area contributed by atoms with Crippen molar-refractivity contribution in [2.45, 2.75) is 12.8 Å². The van der Waals surface area contributed by atoms with Gasteiger partial charge >= 0.3 is 5.97 Å². The van der Waals surface area contributed by atoms with Crippen LogP contribution >= 0.6 is 0 Å². The van der Waals surface area contributed by atoms with Crippen molar-refractivity contribution in [1.29, 1.82) is 0 Å². The maximum Gasteiger partial charge on any atom is 0.323 e. The average Bonchev–Trinajstić information content (AvgIpc) is 3.11. The molecule has 0 aliphatic heterocycles. The summed E-state index contributed by atoms with van der Waals surface area (Å²) in [6.45, 7) is -0.109. The smallest absolute Gasteiger partial charge is 0.323 e. The summed E-state index contributed by atoms with van der Waals surface area (Å²) in [5.74, 6) is -2.17. The van der Waals surface area contributed by atoms with E-state index in [0.717, 1.165) is 17.7 Å². The van der Waals surface area contributed by atoms with Crippen LogP contribution in [0.25, 0.3) is 0 Å². The zero-order valence-corrected chi connectivity index (χ0v) is 10.2. The minimum absolute atomic E-state index is 0.246. The van der Waals surface area contributed by atoms with Crippen molar-refractivity contribution < 1.29 is 24.9 Å². The van der Waals surface area contributed by atoms with Crippen molar-refractivity contribution in [3.05, 3.63) is 23.8 Å². The topological polar surface area (TPSA) is 98.1 Å². The molecule has 0 atom stereocenters. The maximum absolute atomic E-state index is 12.2. The molecule has 6 heteroatoms. The number of rotatable bonds is 5. The highest BCUT2D eigenvalue weighted by molar-refractivity contribution is 6.00. The molecule has 0 bridgehead atoms. The summed E-state index contributed by atoms with van der Waals surface area (Å²) < 4.78 is 0. The van der Waals surface area contributed by atoms with E-state index in [2.05, 4.69) is 0 Å². The minimum atomic E-state index is -1.12. The van der Waals surface area contributed by atoms with Gasteiger partial charge in [0, 0.05) is 6.54 Å². The molecule has 19 heavy (non-hydrogen) atoms. The number of hydrogen-bond donors (Lipinski definition) is 3. The number of carboxylic acids is 1. The molecule has 0 heterocycles. The van der Waals surface area contributed by atoms with E-state index < -0.39 is 18.4 Å². The Bertz CT molecular complexity index is 490. The zero-order chi connectivity index (χ0) is 14.0. The van der Waals surface area contributed by atoms with Gasteiger partial charge in [0.1, 0.15) is 23.6 Å². The van der Waals surface area contributed by atoms with Crippen molar-refractivity contribution in [2.24, 2.45) is 5.92 Å². The lowest BCUT2D eigenvalue weighted by Crippen LogP contribution is -2.37. The van der Waals surface area contributed by atoms with Gasteiger partial charge in [-0.2, -0.15) is 0 Å². The highest BCUT2D eigenvalue weighted by Gasteiger charge is 2.30. The van der Waals surface area contributed by atoms with Crippen LogP contribution in [0.5, 0.6) is 11.5 Å². The molecule has 1 aliphatic carbocycles. The van der Waals surface area contributed by atoms with Crippen molar-refractivity contribution >= 4 is 11.9 Å². The van der Waals surface area contributed by atoms with Gasteiger partial charge in [-0.1, -0.05) is 6.07 Å². The Kier molecular flexibility index (Phi) is 3.59. The first kappa shape index (κ1) is 13.2. The van der Waals surface area contributed by atoms with Crippen LogP contribution in [0.15, 0.2) is 18.2 Å². The molecule has 1 fully saturated rings. The van der Waals surface area contributed by atoms with Gasteiger partial charge in [-0.15, -0.1) is 0 Å². The van der Waals surface area contributed by atoms with Gasteiger partial charge in [-0.25, -0.2) is 0 Å². The van der Waals surface area contributed by atoms with Crippen molar-refractivity contribution in [1.82, 2.24) is 4.90 Å². The van der Waals surface area contributed by atoms with Gasteiger partial charge < -0.3 is 20.2 Å². The largest absolute Gasteiger partial charge is 0.507 e. The Morgan fingerprint density at radius 2 is 1.79 bits per heavy atom. The van der Waals surface area contributed by atoms with Crippen LogP contribution in [0.4, 0.5) is 0 Å². The third-order valence-corrected chi connectivity index (χ3v) is 3.02. The normalized spacial score (nSPS) is 14.1. The summed E-state index contributed by atoms with van der Waals surface area (Å²) in [4.78, 5) is 24.2. The van der Waals surface area contributed by atoms with Crippen LogP contribution in [0.1, 0.15) is 23.2 Å². The molecule has 1 aliphatic rings. The van der Waals surface area contributed by atoms with Gasteiger partial charge in [0.2, 0.25) is 0 Å². The van der Waals surface area contributed by atoms with Crippen molar-refractivity contribution in [3.63, 3.8) is 0 Å². The molecule has 0 aromatic heterocycles. The molecule has 1 amide bonds. The molecular formula is C13H15NO5. The number of carboxylic acid groups (broad SMARTS) is 1. The van der Waals surface area contributed by atoms with E-state index >= 15 is 0 Å². The molecule has 1 saturated carbocycles. The van der Waals surface area contributed by atoms with Gasteiger partial charge in [-0.3, -0.25) is 9.59 Å². The monoisotopic (exact) mass is 265 g/mol. The van der Waals surface area contributed by atoms with E-state index in [-0.39, 0.29) is 17.1 Å². The fourth-order valence-electron chi connectivity index (χ4n) is 1.90. The van der Waals surface area contributed by atoms with E-state index in [1.807, 2.05) is 0 Å². The van der Waals surface area contributed by atoms with Gasteiger partial charge in [-0.05, 0) is 30.9 Å². The van der Waals surface area contributed by atoms with Crippen LogP contribution < -0.4 is 0 Å². The predicted octanol–water partition coefficient (Wildman–Crippen LogP) is 1.03. The molecule has 0 spiro atoms. The first-order chi connectivity index (χ1) is 8.99. The number of phenols is 2. The standard InChI is InChI=1S/C13H15NO5/c15-9-2-1-3-10(16)12(9)13(19)14(7-11(17)18)6-8-4-5-8/h1-3,8,15-16H,4-7H2,(H,17,18). The molecule has 3 N–H and O–H groups in total. The molecule has 0 radical (unpaired) electrons. The molecule has 102 valence electrons. The third-order valence-electron chi connectivity index (χ3n) is 3.02. The Morgan fingerprint density at radius 3 is 2.26 bits per heavy atom. The fraction of sp³-hybridized carbons (Fsp3) is 0.385. The van der Waals surface area contributed by atoms with Gasteiger partial charge in [0.05, 0.1) is 0 Å². The summed E-state index contributed by atoms with van der Waals surface area (Å²) in [7, 11) is 0. The third kappa shape index (κ3) is 3.15. The highest BCUT2D eigenvalue weighted by Crippen LogP contribution is 2.32. The Morgan fingerprint density at radius 1 is 1.21 bits per heavy atom. The van der Waals surface area contributed by atoms with Crippen LogP contribution in [0.3, 0.4) is 0 Å². The van der Waals surface area contributed by atoms with Crippen LogP contribution in [0, 0.1) is 5.92 Å². The quantitative estimate of drug-likeness (QED) is 0.738. The van der Waals surface area contributed by atoms with E-state index in [1.165, 1.54) is 18.2 Å². The minimum Gasteiger partial charge on any atom is -0.507 e. The van der Waals surface area contributed by atoms with Crippen LogP contribution in [-0.2, 0) is 4.79 Å². The summed E-state index contributed by atoms with van der Waals surface area (Å²) in [5, 5.41) is 28.1. The lowest BCUT2D eigenvalue weighted by atomic mass is 10.1. The Labute approximate surface area is 109 Å². The number of hydrogen-bond acceptors (Lipinski definition) is 4. The fourth-order valence-corrected chi connectivity index (χ4v) is 1.90. The van der Waals surface area contributed by atoms with E-state index in [4.69, 9.17) is 5.11 Å². The first-order valence-electron chi connectivity index (χ1n) is 6.01. The molecule has 1 aromatic rings. The average molecular weight is 265 g/mol. The van der Waals surface area contributed by atoms with E-state index in [0.29, 0.717) is 12.5 Å². The SMILES string of the molecule is O=C(O)CN(CC1CC1)C(=O)c1c(O)cccc1O. The molecular weight excluding hydrogens is 250 g/mol. The Hall–Kier alpha value is -2.24. The first-order valence-corrected chi connectivity index (χ1v) is 6.01. The lowest BCUT2D eigenvalue weighted by Gasteiger charge is -2.21. The Balaban J connectivity index is 2.24. The van der Waals surface area contributed by atoms with Crippen molar-refractivity contribution in [2.75, 3.05) is 13.1 Å².